The van der Waals surface area contributed by atoms with Crippen LogP contribution in [0.5, 0.6) is 0 Å². The zero-order valence-corrected chi connectivity index (χ0v) is 9.35. The van der Waals surface area contributed by atoms with E-state index >= 15 is 0 Å². The maximum absolute atomic E-state index is 10.8. The Bertz CT molecular complexity index is 336. The van der Waals surface area contributed by atoms with E-state index < -0.39 is 22.3 Å². The maximum Gasteiger partial charge on any atom is 0.264 e. The third-order valence-electron chi connectivity index (χ3n) is 3.55. The smallest absolute Gasteiger partial charge is 0.264 e. The minimum Gasteiger partial charge on any atom is -0.390 e. The van der Waals surface area contributed by atoms with E-state index in [1.807, 2.05) is 0 Å². The number of fused-ring (bicyclic) bond motifs is 2. The van der Waals surface area contributed by atoms with Crippen molar-refractivity contribution in [3.63, 3.8) is 0 Å². The van der Waals surface area contributed by atoms with Crippen molar-refractivity contribution in [1.82, 2.24) is 0 Å². The average molecular weight is 236 g/mol. The van der Waals surface area contributed by atoms with Crippen molar-refractivity contribution in [3.05, 3.63) is 0 Å². The lowest BCUT2D eigenvalue weighted by Crippen LogP contribution is -2.38. The minimum atomic E-state index is -3.40. The van der Waals surface area contributed by atoms with Crippen molar-refractivity contribution in [3.8, 4) is 0 Å². The Hall–Kier alpha value is -0.170. The highest BCUT2D eigenvalue weighted by Gasteiger charge is 2.51. The zero-order chi connectivity index (χ0) is 11.2. The van der Waals surface area contributed by atoms with Gasteiger partial charge in [0.2, 0.25) is 0 Å². The van der Waals surface area contributed by atoms with Crippen LogP contribution in [0.3, 0.4) is 0 Å². The fourth-order valence-electron chi connectivity index (χ4n) is 2.83. The second-order valence-corrected chi connectivity index (χ2v) is 6.27. The predicted molar refractivity (Wildman–Crippen MR) is 52.5 cm³/mol. The molecule has 0 amide bonds. The van der Waals surface area contributed by atoms with Crippen molar-refractivity contribution < 1.29 is 22.8 Å². The van der Waals surface area contributed by atoms with Crippen LogP contribution in [-0.4, -0.2) is 43.7 Å². The molecule has 2 rings (SSSR count). The molecule has 0 aliphatic heterocycles. The second-order valence-electron chi connectivity index (χ2n) is 4.63. The van der Waals surface area contributed by atoms with Gasteiger partial charge in [0.1, 0.15) is 0 Å². The molecule has 2 aliphatic rings. The third-order valence-corrected chi connectivity index (χ3v) is 4.12. The highest BCUT2D eigenvalue weighted by Crippen LogP contribution is 2.48. The van der Waals surface area contributed by atoms with Crippen molar-refractivity contribution in [2.75, 3.05) is 12.9 Å². The van der Waals surface area contributed by atoms with Crippen LogP contribution in [0, 0.1) is 17.8 Å². The number of aliphatic hydroxyl groups excluding tert-OH is 2. The fourth-order valence-corrected chi connectivity index (χ4v) is 3.26. The van der Waals surface area contributed by atoms with E-state index in [4.69, 9.17) is 4.18 Å². The largest absolute Gasteiger partial charge is 0.390 e. The molecule has 88 valence electrons. The minimum absolute atomic E-state index is 0.00764. The monoisotopic (exact) mass is 236 g/mol. The molecule has 5 atom stereocenters. The summed E-state index contributed by atoms with van der Waals surface area (Å²) in [4.78, 5) is 0. The molecule has 1 unspecified atom stereocenters. The summed E-state index contributed by atoms with van der Waals surface area (Å²) in [6.07, 6.45) is 1.20. The van der Waals surface area contributed by atoms with Gasteiger partial charge in [-0.05, 0) is 30.6 Å². The van der Waals surface area contributed by atoms with Gasteiger partial charge in [-0.1, -0.05) is 0 Å². The van der Waals surface area contributed by atoms with Crippen LogP contribution in [0.2, 0.25) is 0 Å². The Balaban J connectivity index is 1.93. The molecule has 0 aromatic rings. The summed E-state index contributed by atoms with van der Waals surface area (Å²) in [5.74, 6) is 0.160. The van der Waals surface area contributed by atoms with Gasteiger partial charge in [0, 0.05) is 0 Å². The average Bonchev–Trinajstić information content (AvgIpc) is 2.63. The molecule has 0 aromatic carbocycles. The lowest BCUT2D eigenvalue weighted by atomic mass is 9.86. The maximum atomic E-state index is 10.8. The number of hydrogen-bond donors (Lipinski definition) is 2. The Morgan fingerprint density at radius 3 is 2.40 bits per heavy atom. The molecule has 2 N–H and O–H groups in total. The van der Waals surface area contributed by atoms with Crippen LogP contribution in [0.15, 0.2) is 0 Å². The normalized spacial score (nSPS) is 44.9. The summed E-state index contributed by atoms with van der Waals surface area (Å²) < 4.78 is 26.3. The van der Waals surface area contributed by atoms with E-state index in [1.165, 1.54) is 0 Å². The van der Waals surface area contributed by atoms with Gasteiger partial charge >= 0.3 is 0 Å². The van der Waals surface area contributed by atoms with E-state index in [0.717, 1.165) is 19.1 Å². The van der Waals surface area contributed by atoms with Gasteiger partial charge in [-0.25, -0.2) is 0 Å². The predicted octanol–water partition coefficient (Wildman–Crippen LogP) is -0.660. The highest BCUT2D eigenvalue weighted by molar-refractivity contribution is 7.85. The summed E-state index contributed by atoms with van der Waals surface area (Å²) in [6.45, 7) is 0.129. The summed E-state index contributed by atoms with van der Waals surface area (Å²) >= 11 is 0. The van der Waals surface area contributed by atoms with Crippen molar-refractivity contribution in [1.29, 1.82) is 0 Å². The molecule has 2 fully saturated rings. The first-order valence-corrected chi connectivity index (χ1v) is 6.90. The third kappa shape index (κ3) is 2.18. The van der Waals surface area contributed by atoms with Crippen molar-refractivity contribution >= 4 is 10.1 Å². The lowest BCUT2D eigenvalue weighted by molar-refractivity contribution is -0.0398. The number of hydrogen-bond acceptors (Lipinski definition) is 5. The molecular formula is C9H16O5S. The van der Waals surface area contributed by atoms with Gasteiger partial charge in [0.05, 0.1) is 25.1 Å². The molecule has 2 bridgehead atoms. The van der Waals surface area contributed by atoms with Gasteiger partial charge < -0.3 is 10.2 Å². The summed E-state index contributed by atoms with van der Waals surface area (Å²) in [6, 6.07) is 0. The van der Waals surface area contributed by atoms with E-state index in [9.17, 15) is 18.6 Å². The van der Waals surface area contributed by atoms with Crippen molar-refractivity contribution in [2.24, 2.45) is 17.8 Å². The van der Waals surface area contributed by atoms with E-state index in [1.54, 1.807) is 0 Å². The first-order chi connectivity index (χ1) is 6.88. The van der Waals surface area contributed by atoms with Crippen molar-refractivity contribution in [2.45, 2.75) is 25.0 Å². The van der Waals surface area contributed by atoms with Crippen LogP contribution in [0.25, 0.3) is 0 Å². The Kier molecular flexibility index (Phi) is 2.79. The summed E-state index contributed by atoms with van der Waals surface area (Å²) in [7, 11) is -3.40. The van der Waals surface area contributed by atoms with Gasteiger partial charge in [0.15, 0.2) is 0 Å². The molecule has 15 heavy (non-hydrogen) atoms. The first-order valence-electron chi connectivity index (χ1n) is 5.09. The van der Waals surface area contributed by atoms with Crippen LogP contribution in [0.1, 0.15) is 12.8 Å². The van der Waals surface area contributed by atoms with E-state index in [-0.39, 0.29) is 24.4 Å². The van der Waals surface area contributed by atoms with Gasteiger partial charge in [-0.15, -0.1) is 0 Å². The highest BCUT2D eigenvalue weighted by atomic mass is 32.2. The molecule has 6 heteroatoms. The van der Waals surface area contributed by atoms with Crippen LogP contribution >= 0.6 is 0 Å². The van der Waals surface area contributed by atoms with Crippen LogP contribution < -0.4 is 0 Å². The van der Waals surface area contributed by atoms with E-state index in [2.05, 4.69) is 0 Å². The molecule has 2 saturated carbocycles. The molecule has 0 spiro atoms. The quantitative estimate of drug-likeness (QED) is 0.636. The topological polar surface area (TPSA) is 83.8 Å². The molecule has 0 aromatic heterocycles. The summed E-state index contributed by atoms with van der Waals surface area (Å²) in [5.41, 5.74) is 0. The molecule has 0 radical (unpaired) electrons. The lowest BCUT2D eigenvalue weighted by Gasteiger charge is -2.29. The summed E-state index contributed by atoms with van der Waals surface area (Å²) in [5, 5.41) is 19.2. The molecule has 0 saturated heterocycles. The second kappa shape index (κ2) is 3.69. The standard InChI is InChI=1S/C9H16O5S/c1-15(12,13)14-4-6-2-5-3-7(6)9(11)8(5)10/h5-11H,2-4H2,1H3/t5-,6?,7-,8-,9+/m0/s1. The zero-order valence-electron chi connectivity index (χ0n) is 8.54. The molecular weight excluding hydrogens is 220 g/mol. The SMILES string of the molecule is CS(=O)(=O)OCC1C[C@H]2C[C@@H]1[C@@H](O)[C@H]2O. The van der Waals surface area contributed by atoms with Crippen LogP contribution in [-0.2, 0) is 14.3 Å². The molecule has 0 heterocycles. The van der Waals surface area contributed by atoms with Gasteiger partial charge in [-0.2, -0.15) is 8.42 Å². The fraction of sp³-hybridized carbons (Fsp3) is 1.00. The molecule has 2 aliphatic carbocycles. The Labute approximate surface area is 89.2 Å². The van der Waals surface area contributed by atoms with Gasteiger partial charge in [-0.3, -0.25) is 4.18 Å². The molecule has 5 nitrogen and oxygen atoms in total. The Morgan fingerprint density at radius 2 is 1.93 bits per heavy atom. The van der Waals surface area contributed by atoms with Gasteiger partial charge in [0.25, 0.3) is 10.1 Å². The van der Waals surface area contributed by atoms with Crippen LogP contribution in [0.4, 0.5) is 0 Å². The van der Waals surface area contributed by atoms with E-state index in [0.29, 0.717) is 0 Å². The first kappa shape index (κ1) is 11.3. The number of rotatable bonds is 3. The Morgan fingerprint density at radius 1 is 1.27 bits per heavy atom. The number of aliphatic hydroxyl groups is 2.